The summed E-state index contributed by atoms with van der Waals surface area (Å²) in [6.45, 7) is 0. The van der Waals surface area contributed by atoms with Gasteiger partial charge in [0.1, 0.15) is 11.6 Å². The van der Waals surface area contributed by atoms with Crippen LogP contribution in [-0.2, 0) is 0 Å². The maximum atomic E-state index is 14.1. The van der Waals surface area contributed by atoms with E-state index in [-0.39, 0.29) is 15.6 Å². The smallest absolute Gasteiger partial charge is 0.159 e. The Labute approximate surface area is 121 Å². The first-order chi connectivity index (χ1) is 9.45. The lowest BCUT2D eigenvalue weighted by Crippen LogP contribution is -2.21. The highest BCUT2D eigenvalue weighted by atomic mass is 79.9. The summed E-state index contributed by atoms with van der Waals surface area (Å²) in [5.74, 6) is -3.64. The molecule has 0 spiro atoms. The molecule has 0 saturated heterocycles. The lowest BCUT2D eigenvalue weighted by molar-refractivity contribution is 0.497. The first-order valence-corrected chi connectivity index (χ1v) is 6.50. The molecule has 0 saturated carbocycles. The van der Waals surface area contributed by atoms with Crippen molar-refractivity contribution in [3.8, 4) is 0 Å². The van der Waals surface area contributed by atoms with Crippen molar-refractivity contribution < 1.29 is 17.6 Å². The van der Waals surface area contributed by atoms with Crippen LogP contribution < -0.4 is 5.32 Å². The van der Waals surface area contributed by atoms with Crippen LogP contribution in [0, 0.1) is 23.3 Å². The van der Waals surface area contributed by atoms with Gasteiger partial charge in [-0.25, -0.2) is 17.6 Å². The molecule has 0 aliphatic rings. The zero-order chi connectivity index (χ0) is 14.9. The summed E-state index contributed by atoms with van der Waals surface area (Å²) in [4.78, 5) is 0. The van der Waals surface area contributed by atoms with Crippen molar-refractivity contribution >= 4 is 15.9 Å². The van der Waals surface area contributed by atoms with Crippen LogP contribution in [-0.4, -0.2) is 7.05 Å². The molecule has 0 aliphatic heterocycles. The van der Waals surface area contributed by atoms with Gasteiger partial charge in [0.25, 0.3) is 0 Å². The van der Waals surface area contributed by atoms with Gasteiger partial charge in [0.15, 0.2) is 11.6 Å². The second-order valence-electron chi connectivity index (χ2n) is 4.15. The van der Waals surface area contributed by atoms with Crippen LogP contribution in [0.15, 0.2) is 34.8 Å². The molecule has 2 aromatic rings. The molecule has 0 aromatic heterocycles. The van der Waals surface area contributed by atoms with Crippen molar-refractivity contribution in [2.75, 3.05) is 7.05 Å². The number of nitrogens with one attached hydrogen (secondary N) is 1. The summed E-state index contributed by atoms with van der Waals surface area (Å²) in [5.41, 5.74) is -0.0322. The fourth-order valence-electron chi connectivity index (χ4n) is 1.98. The van der Waals surface area contributed by atoms with Gasteiger partial charge in [-0.3, -0.25) is 0 Å². The summed E-state index contributed by atoms with van der Waals surface area (Å²) in [6, 6.07) is 4.53. The molecule has 0 fully saturated rings. The third-order valence-corrected chi connectivity index (χ3v) is 3.55. The highest BCUT2D eigenvalue weighted by molar-refractivity contribution is 9.10. The van der Waals surface area contributed by atoms with Crippen LogP contribution in [0.25, 0.3) is 0 Å². The summed E-state index contributed by atoms with van der Waals surface area (Å²) < 4.78 is 54.2. The Morgan fingerprint density at radius 2 is 1.60 bits per heavy atom. The standard InChI is InChI=1S/C14H10BrF4N/c1-20-14(7-2-4-9(16)11(18)6-7)12-10(17)5-3-8(15)13(12)19/h2-6,14,20H,1H3. The minimum absolute atomic E-state index is 0.0942. The van der Waals surface area contributed by atoms with E-state index in [9.17, 15) is 17.6 Å². The summed E-state index contributed by atoms with van der Waals surface area (Å²) in [7, 11) is 1.48. The van der Waals surface area contributed by atoms with E-state index in [0.29, 0.717) is 0 Å². The van der Waals surface area contributed by atoms with Gasteiger partial charge in [0.05, 0.1) is 10.5 Å². The quantitative estimate of drug-likeness (QED) is 0.644. The molecule has 0 bridgehead atoms. The fraction of sp³-hybridized carbons (Fsp3) is 0.143. The van der Waals surface area contributed by atoms with Gasteiger partial charge in [-0.05, 0) is 52.8 Å². The molecule has 0 radical (unpaired) electrons. The van der Waals surface area contributed by atoms with E-state index in [0.717, 1.165) is 18.2 Å². The van der Waals surface area contributed by atoms with Gasteiger partial charge < -0.3 is 5.32 Å². The Balaban J connectivity index is 2.58. The van der Waals surface area contributed by atoms with Gasteiger partial charge in [-0.2, -0.15) is 0 Å². The van der Waals surface area contributed by atoms with Crippen LogP contribution in [0.1, 0.15) is 17.2 Å². The molecule has 0 heterocycles. The molecule has 0 amide bonds. The van der Waals surface area contributed by atoms with E-state index in [1.807, 2.05) is 0 Å². The molecular weight excluding hydrogens is 338 g/mol. The van der Waals surface area contributed by atoms with E-state index in [2.05, 4.69) is 21.2 Å². The van der Waals surface area contributed by atoms with Gasteiger partial charge in [0.2, 0.25) is 0 Å². The molecule has 1 atom stereocenters. The lowest BCUT2D eigenvalue weighted by atomic mass is 9.97. The second kappa shape index (κ2) is 5.93. The summed E-state index contributed by atoms with van der Waals surface area (Å²) in [5, 5.41) is 2.70. The maximum Gasteiger partial charge on any atom is 0.159 e. The van der Waals surface area contributed by atoms with Crippen LogP contribution in [0.5, 0.6) is 0 Å². The molecule has 20 heavy (non-hydrogen) atoms. The Morgan fingerprint density at radius 1 is 0.950 bits per heavy atom. The largest absolute Gasteiger partial charge is 0.309 e. The molecule has 2 rings (SSSR count). The van der Waals surface area contributed by atoms with E-state index in [1.165, 1.54) is 19.2 Å². The first-order valence-electron chi connectivity index (χ1n) is 5.71. The first kappa shape index (κ1) is 15.0. The van der Waals surface area contributed by atoms with Crippen molar-refractivity contribution in [1.29, 1.82) is 0 Å². The molecule has 0 aliphatic carbocycles. The van der Waals surface area contributed by atoms with Crippen molar-refractivity contribution in [2.45, 2.75) is 6.04 Å². The molecule has 1 nitrogen and oxygen atoms in total. The molecule has 1 N–H and O–H groups in total. The minimum Gasteiger partial charge on any atom is -0.309 e. The predicted octanol–water partition coefficient (Wildman–Crippen LogP) is 4.31. The van der Waals surface area contributed by atoms with Crippen LogP contribution in [0.2, 0.25) is 0 Å². The average Bonchev–Trinajstić information content (AvgIpc) is 2.42. The summed E-state index contributed by atoms with van der Waals surface area (Å²) >= 11 is 2.97. The number of hydrogen-bond donors (Lipinski definition) is 1. The minimum atomic E-state index is -1.07. The predicted molar refractivity (Wildman–Crippen MR) is 71.3 cm³/mol. The fourth-order valence-corrected chi connectivity index (χ4v) is 2.32. The van der Waals surface area contributed by atoms with Crippen molar-refractivity contribution in [1.82, 2.24) is 5.32 Å². The van der Waals surface area contributed by atoms with Gasteiger partial charge >= 0.3 is 0 Å². The number of benzene rings is 2. The molecule has 2 aromatic carbocycles. The normalized spacial score (nSPS) is 12.5. The second-order valence-corrected chi connectivity index (χ2v) is 5.01. The highest BCUT2D eigenvalue weighted by Crippen LogP contribution is 2.31. The third-order valence-electron chi connectivity index (χ3n) is 2.93. The molecule has 6 heteroatoms. The average molecular weight is 348 g/mol. The van der Waals surface area contributed by atoms with Crippen molar-refractivity contribution in [2.24, 2.45) is 0 Å². The van der Waals surface area contributed by atoms with Crippen LogP contribution >= 0.6 is 15.9 Å². The number of rotatable bonds is 3. The Kier molecular flexibility index (Phi) is 4.45. The van der Waals surface area contributed by atoms with Gasteiger partial charge in [-0.1, -0.05) is 6.07 Å². The number of hydrogen-bond acceptors (Lipinski definition) is 1. The van der Waals surface area contributed by atoms with Gasteiger partial charge in [-0.15, -0.1) is 0 Å². The Bertz CT molecular complexity index is 645. The zero-order valence-electron chi connectivity index (χ0n) is 10.4. The lowest BCUT2D eigenvalue weighted by Gasteiger charge is -2.19. The Hall–Kier alpha value is -1.40. The van der Waals surface area contributed by atoms with Crippen molar-refractivity contribution in [3.05, 3.63) is 69.2 Å². The SMILES string of the molecule is CNC(c1ccc(F)c(F)c1)c1c(F)ccc(Br)c1F. The van der Waals surface area contributed by atoms with Crippen LogP contribution in [0.4, 0.5) is 17.6 Å². The maximum absolute atomic E-state index is 14.1. The molecule has 1 unspecified atom stereocenters. The molecular formula is C14H10BrF4N. The van der Waals surface area contributed by atoms with E-state index in [1.54, 1.807) is 0 Å². The van der Waals surface area contributed by atoms with E-state index >= 15 is 0 Å². The Morgan fingerprint density at radius 3 is 2.20 bits per heavy atom. The third kappa shape index (κ3) is 2.71. The zero-order valence-corrected chi connectivity index (χ0v) is 11.9. The number of halogens is 5. The highest BCUT2D eigenvalue weighted by Gasteiger charge is 2.23. The van der Waals surface area contributed by atoms with Gasteiger partial charge in [0, 0.05) is 5.56 Å². The monoisotopic (exact) mass is 347 g/mol. The topological polar surface area (TPSA) is 12.0 Å². The van der Waals surface area contributed by atoms with E-state index < -0.39 is 29.3 Å². The van der Waals surface area contributed by atoms with Crippen LogP contribution in [0.3, 0.4) is 0 Å². The molecule has 106 valence electrons. The van der Waals surface area contributed by atoms with E-state index in [4.69, 9.17) is 0 Å². The van der Waals surface area contributed by atoms with Crippen molar-refractivity contribution in [3.63, 3.8) is 0 Å². The summed E-state index contributed by atoms with van der Waals surface area (Å²) in [6.07, 6.45) is 0.